The van der Waals surface area contributed by atoms with E-state index in [1.165, 1.54) is 28.7 Å². The van der Waals surface area contributed by atoms with Crippen molar-refractivity contribution in [3.8, 4) is 0 Å². The number of nitrogens with zero attached hydrogens (tertiary/aromatic N) is 4. The third-order valence-electron chi connectivity index (χ3n) is 4.63. The molecule has 146 valence electrons. The maximum Gasteiger partial charge on any atom is 0.197 e. The Hall–Kier alpha value is -0.870. The van der Waals surface area contributed by atoms with Crippen LogP contribution in [0.3, 0.4) is 0 Å². The molecule has 0 bridgehead atoms. The third kappa shape index (κ3) is 3.72. The van der Waals surface area contributed by atoms with Gasteiger partial charge in [-0.15, -0.1) is 21.5 Å². The first-order valence-corrected chi connectivity index (χ1v) is 12.4. The van der Waals surface area contributed by atoms with Crippen molar-refractivity contribution < 1.29 is 9.47 Å². The Morgan fingerprint density at radius 1 is 1.11 bits per heavy atom. The second kappa shape index (κ2) is 8.65. The molecular formula is C18H24N4O2S3. The lowest BCUT2D eigenvalue weighted by Crippen LogP contribution is -2.20. The second-order valence-corrected chi connectivity index (χ2v) is 9.13. The van der Waals surface area contributed by atoms with E-state index < -0.39 is 0 Å². The molecule has 0 amide bonds. The first-order chi connectivity index (χ1) is 13.3. The summed E-state index contributed by atoms with van der Waals surface area (Å²) in [7, 11) is 0. The molecule has 6 nitrogen and oxygen atoms in total. The van der Waals surface area contributed by atoms with Gasteiger partial charge in [0.2, 0.25) is 0 Å². The number of ether oxygens (including phenoxy) is 2. The number of aromatic nitrogens is 4. The first-order valence-electron chi connectivity index (χ1n) is 9.36. The molecule has 0 N–H and O–H groups in total. The van der Waals surface area contributed by atoms with Crippen LogP contribution < -0.4 is 0 Å². The van der Waals surface area contributed by atoms with E-state index >= 15 is 0 Å². The summed E-state index contributed by atoms with van der Waals surface area (Å²) in [6, 6.07) is 0. The fourth-order valence-corrected chi connectivity index (χ4v) is 6.28. The summed E-state index contributed by atoms with van der Waals surface area (Å²) in [4.78, 5) is 7.53. The van der Waals surface area contributed by atoms with Crippen LogP contribution in [0, 0.1) is 0 Å². The molecule has 0 saturated carbocycles. The van der Waals surface area contributed by atoms with Gasteiger partial charge >= 0.3 is 0 Å². The average molecular weight is 425 g/mol. The van der Waals surface area contributed by atoms with Gasteiger partial charge in [-0.05, 0) is 51.3 Å². The van der Waals surface area contributed by atoms with Gasteiger partial charge in [-0.2, -0.15) is 0 Å². The zero-order valence-electron chi connectivity index (χ0n) is 15.9. The quantitative estimate of drug-likeness (QED) is 0.301. The molecule has 9 heteroatoms. The molecule has 4 rings (SSSR count). The van der Waals surface area contributed by atoms with Gasteiger partial charge in [-0.25, -0.2) is 9.38 Å². The van der Waals surface area contributed by atoms with Crippen LogP contribution in [0.1, 0.15) is 37.1 Å². The highest BCUT2D eigenvalue weighted by Gasteiger charge is 2.23. The zero-order valence-corrected chi connectivity index (χ0v) is 18.3. The van der Waals surface area contributed by atoms with Crippen LogP contribution in [0.5, 0.6) is 0 Å². The van der Waals surface area contributed by atoms with Crippen molar-refractivity contribution in [1.82, 2.24) is 19.6 Å². The Labute approximate surface area is 171 Å². The molecule has 3 aromatic heterocycles. The van der Waals surface area contributed by atoms with Crippen LogP contribution in [0.25, 0.3) is 15.9 Å². The Kier molecular flexibility index (Phi) is 6.23. The number of hydrogen-bond donors (Lipinski definition) is 0. The molecule has 0 spiro atoms. The van der Waals surface area contributed by atoms with Crippen LogP contribution in [0.2, 0.25) is 0 Å². The van der Waals surface area contributed by atoms with E-state index in [9.17, 15) is 0 Å². The topological polar surface area (TPSA) is 61.5 Å². The van der Waals surface area contributed by atoms with E-state index in [0.717, 1.165) is 33.6 Å². The van der Waals surface area contributed by atoms with Gasteiger partial charge < -0.3 is 9.47 Å². The van der Waals surface area contributed by atoms with Crippen molar-refractivity contribution in [2.45, 2.75) is 56.1 Å². The minimum Gasteiger partial charge on any atom is -0.352 e. The fourth-order valence-electron chi connectivity index (χ4n) is 3.49. The molecule has 0 atom stereocenters. The smallest absolute Gasteiger partial charge is 0.197 e. The van der Waals surface area contributed by atoms with Gasteiger partial charge in [-0.3, -0.25) is 0 Å². The molecule has 3 aromatic rings. The summed E-state index contributed by atoms with van der Waals surface area (Å²) in [5.41, 5.74) is 2.38. The van der Waals surface area contributed by atoms with Crippen molar-refractivity contribution in [2.75, 3.05) is 25.2 Å². The molecule has 1 aliphatic rings. The van der Waals surface area contributed by atoms with Crippen molar-refractivity contribution >= 4 is 50.7 Å². The SMILES string of the molecule is CCOC(CSc1nnc2c3c4c(sc3nc(SC)n12)CCCC4)OCC. The highest BCUT2D eigenvalue weighted by Crippen LogP contribution is 2.39. The molecule has 0 saturated heterocycles. The van der Waals surface area contributed by atoms with Crippen LogP contribution in [-0.2, 0) is 22.3 Å². The average Bonchev–Trinajstić information content (AvgIpc) is 3.26. The van der Waals surface area contributed by atoms with E-state index in [2.05, 4.69) is 20.9 Å². The number of hydrogen-bond acceptors (Lipinski definition) is 8. The molecule has 27 heavy (non-hydrogen) atoms. The molecule has 0 radical (unpaired) electrons. The van der Waals surface area contributed by atoms with Crippen LogP contribution in [0.4, 0.5) is 0 Å². The lowest BCUT2D eigenvalue weighted by atomic mass is 9.97. The monoisotopic (exact) mass is 424 g/mol. The first kappa shape index (κ1) is 19.4. The highest BCUT2D eigenvalue weighted by atomic mass is 32.2. The van der Waals surface area contributed by atoms with E-state index in [4.69, 9.17) is 14.5 Å². The zero-order chi connectivity index (χ0) is 18.8. The van der Waals surface area contributed by atoms with Gasteiger partial charge in [0.1, 0.15) is 4.83 Å². The molecule has 3 heterocycles. The Bertz CT molecular complexity index is 934. The highest BCUT2D eigenvalue weighted by molar-refractivity contribution is 7.99. The molecule has 0 aliphatic heterocycles. The van der Waals surface area contributed by atoms with Crippen LogP contribution in [0.15, 0.2) is 10.3 Å². The number of fused-ring (bicyclic) bond motifs is 5. The van der Waals surface area contributed by atoms with Gasteiger partial charge in [0.05, 0.1) is 11.1 Å². The van der Waals surface area contributed by atoms with Crippen LogP contribution >= 0.6 is 34.9 Å². The van der Waals surface area contributed by atoms with Gasteiger partial charge in [0, 0.05) is 18.1 Å². The molecule has 0 aromatic carbocycles. The second-order valence-electron chi connectivity index (χ2n) is 6.28. The summed E-state index contributed by atoms with van der Waals surface area (Å²) in [6.45, 7) is 5.22. The number of rotatable bonds is 8. The van der Waals surface area contributed by atoms with Gasteiger partial charge in [0.15, 0.2) is 22.3 Å². The van der Waals surface area contributed by atoms with E-state index in [0.29, 0.717) is 19.0 Å². The normalized spacial score (nSPS) is 14.5. The molecule has 1 aliphatic carbocycles. The van der Waals surface area contributed by atoms with E-state index in [1.54, 1.807) is 23.5 Å². The Morgan fingerprint density at radius 2 is 1.89 bits per heavy atom. The lowest BCUT2D eigenvalue weighted by molar-refractivity contribution is -0.120. The van der Waals surface area contributed by atoms with Crippen molar-refractivity contribution in [1.29, 1.82) is 0 Å². The Morgan fingerprint density at radius 3 is 2.63 bits per heavy atom. The minimum atomic E-state index is -0.235. The van der Waals surface area contributed by atoms with Crippen molar-refractivity contribution in [3.05, 3.63) is 10.4 Å². The summed E-state index contributed by atoms with van der Waals surface area (Å²) in [6.07, 6.45) is 6.62. The van der Waals surface area contributed by atoms with E-state index in [-0.39, 0.29) is 6.29 Å². The molecule has 0 fully saturated rings. The number of thiophene rings is 1. The summed E-state index contributed by atoms with van der Waals surface area (Å²) in [5, 5.41) is 12.1. The molecular weight excluding hydrogens is 400 g/mol. The third-order valence-corrected chi connectivity index (χ3v) is 7.42. The van der Waals surface area contributed by atoms with Crippen molar-refractivity contribution in [2.24, 2.45) is 0 Å². The lowest BCUT2D eigenvalue weighted by Gasteiger charge is -2.16. The van der Waals surface area contributed by atoms with E-state index in [1.807, 2.05) is 25.2 Å². The summed E-state index contributed by atoms with van der Waals surface area (Å²) in [5.74, 6) is 0.677. The maximum absolute atomic E-state index is 5.66. The molecule has 0 unspecified atom stereocenters. The predicted molar refractivity (Wildman–Crippen MR) is 112 cm³/mol. The minimum absolute atomic E-state index is 0.235. The fraction of sp³-hybridized carbons (Fsp3) is 0.611. The number of aryl methyl sites for hydroxylation is 2. The largest absolute Gasteiger partial charge is 0.352 e. The predicted octanol–water partition coefficient (Wildman–Crippen LogP) is 4.43. The van der Waals surface area contributed by atoms with Crippen LogP contribution in [-0.4, -0.2) is 51.1 Å². The van der Waals surface area contributed by atoms with Crippen molar-refractivity contribution in [3.63, 3.8) is 0 Å². The maximum atomic E-state index is 5.66. The summed E-state index contributed by atoms with van der Waals surface area (Å²) >= 11 is 5.08. The summed E-state index contributed by atoms with van der Waals surface area (Å²) < 4.78 is 13.4. The number of thioether (sulfide) groups is 2. The van der Waals surface area contributed by atoms with Gasteiger partial charge in [-0.1, -0.05) is 23.5 Å². The Balaban J connectivity index is 1.74. The van der Waals surface area contributed by atoms with Gasteiger partial charge in [0.25, 0.3) is 0 Å². The standard InChI is InChI=1S/C18H24N4O2S3/c1-4-23-13(24-5-2)10-26-18-21-20-15-14-11-8-6-7-9-12(11)27-16(14)19-17(25-3)22(15)18/h13H,4-10H2,1-3H3.